The van der Waals surface area contributed by atoms with Gasteiger partial charge in [-0.3, -0.25) is 24.0 Å². The number of amides is 5. The topological polar surface area (TPSA) is 241 Å². The summed E-state index contributed by atoms with van der Waals surface area (Å²) in [7, 11) is -2.85. The van der Waals surface area contributed by atoms with E-state index in [1.54, 1.807) is 55.5 Å². The normalized spacial score (nSPS) is 17.1. The number of likely N-dealkylation sites (N-methyl/N-ethyl adjacent to an activating group) is 1. The molecule has 55 heavy (non-hydrogen) atoms. The molecule has 16 nitrogen and oxygen atoms in total. The van der Waals surface area contributed by atoms with Gasteiger partial charge in [0.15, 0.2) is 0 Å². The standard InChI is InChI=1S/C38H47N7O9S/c1-6-55(51,52)44-37(49)30-19-25-8-11-31(53-15-13-39)28(18-25)29-20-26(9-12-32(29)54-16-14-40)34(38(50)42-24(4)35(47)43-30)45(5)33(46)21-41-36(48)27-10-7-22(2)17-23(27)3/h6-12,17-18,20,24,30,34H,1,13-16,19,21,39-40H2,2-5H3,(H,41,48)(H,42,50)(H,43,47)(H,44,49)/t24-,30-,34-/m0/s1. The Morgan fingerprint density at radius 3 is 2.18 bits per heavy atom. The molecule has 4 bridgehead atoms. The zero-order valence-electron chi connectivity index (χ0n) is 31.1. The second-order valence-corrected chi connectivity index (χ2v) is 14.6. The number of nitrogens with one attached hydrogen (secondary N) is 4. The smallest absolute Gasteiger partial charge is 0.256 e. The molecule has 3 aromatic carbocycles. The molecule has 0 radical (unpaired) electrons. The summed E-state index contributed by atoms with van der Waals surface area (Å²) in [5.74, 6) is -3.06. The Balaban J connectivity index is 1.84. The van der Waals surface area contributed by atoms with Crippen LogP contribution in [0.3, 0.4) is 0 Å². The van der Waals surface area contributed by atoms with Crippen LogP contribution in [-0.4, -0.2) is 94.8 Å². The summed E-state index contributed by atoms with van der Waals surface area (Å²) in [4.78, 5) is 68.9. The molecule has 0 unspecified atom stereocenters. The monoisotopic (exact) mass is 777 g/mol. The van der Waals surface area contributed by atoms with Crippen molar-refractivity contribution in [2.45, 2.75) is 45.3 Å². The van der Waals surface area contributed by atoms with Crippen LogP contribution in [0.4, 0.5) is 0 Å². The molecule has 1 aliphatic heterocycles. The minimum absolute atomic E-state index is 0.122. The molecule has 294 valence electrons. The fraction of sp³-hybridized carbons (Fsp3) is 0.342. The minimum Gasteiger partial charge on any atom is -0.492 e. The molecule has 4 rings (SSSR count). The molecule has 0 saturated heterocycles. The lowest BCUT2D eigenvalue weighted by Crippen LogP contribution is -2.55. The van der Waals surface area contributed by atoms with Crippen molar-refractivity contribution in [3.05, 3.63) is 94.4 Å². The van der Waals surface area contributed by atoms with Gasteiger partial charge in [0, 0.05) is 48.7 Å². The summed E-state index contributed by atoms with van der Waals surface area (Å²) < 4.78 is 38.4. The largest absolute Gasteiger partial charge is 0.492 e. The molecule has 17 heteroatoms. The number of nitrogens with two attached hydrogens (primary N) is 2. The number of ether oxygens (including phenoxy) is 2. The van der Waals surface area contributed by atoms with Gasteiger partial charge in [0.05, 0.1) is 6.54 Å². The number of benzene rings is 3. The number of fused-ring (bicyclic) bond motifs is 5. The first kappa shape index (κ1) is 42.0. The van der Waals surface area contributed by atoms with E-state index in [0.717, 1.165) is 16.0 Å². The summed E-state index contributed by atoms with van der Waals surface area (Å²) in [6.07, 6.45) is -0.179. The summed E-state index contributed by atoms with van der Waals surface area (Å²) in [6, 6.07) is 11.0. The third-order valence-corrected chi connectivity index (χ3v) is 9.67. The Kier molecular flexibility index (Phi) is 14.1. The predicted octanol–water partition coefficient (Wildman–Crippen LogP) is 0.710. The molecule has 0 aliphatic carbocycles. The molecule has 8 N–H and O–H groups in total. The number of hydrogen-bond acceptors (Lipinski definition) is 11. The van der Waals surface area contributed by atoms with Crippen LogP contribution < -0.4 is 41.6 Å². The van der Waals surface area contributed by atoms with E-state index in [0.29, 0.717) is 44.7 Å². The van der Waals surface area contributed by atoms with Gasteiger partial charge in [-0.25, -0.2) is 13.1 Å². The number of rotatable bonds is 13. The predicted molar refractivity (Wildman–Crippen MR) is 205 cm³/mol. The molecule has 5 amide bonds. The van der Waals surface area contributed by atoms with E-state index < -0.39 is 64.2 Å². The van der Waals surface area contributed by atoms with Gasteiger partial charge in [0.25, 0.3) is 21.8 Å². The number of nitrogens with zero attached hydrogens (tertiary/aromatic N) is 1. The first-order valence-corrected chi connectivity index (χ1v) is 19.0. The molecular weight excluding hydrogens is 731 g/mol. The van der Waals surface area contributed by atoms with Crippen molar-refractivity contribution in [2.24, 2.45) is 11.5 Å². The Hall–Kier alpha value is -5.78. The fourth-order valence-corrected chi connectivity index (χ4v) is 6.43. The zero-order chi connectivity index (χ0) is 40.4. The van der Waals surface area contributed by atoms with E-state index in [1.165, 1.54) is 14.0 Å². The van der Waals surface area contributed by atoms with Crippen LogP contribution in [0.15, 0.2) is 66.6 Å². The summed E-state index contributed by atoms with van der Waals surface area (Å²) in [6.45, 7) is 8.40. The van der Waals surface area contributed by atoms with E-state index in [-0.39, 0.29) is 32.7 Å². The summed E-state index contributed by atoms with van der Waals surface area (Å²) >= 11 is 0. The lowest BCUT2D eigenvalue weighted by Gasteiger charge is -2.30. The van der Waals surface area contributed by atoms with Crippen LogP contribution >= 0.6 is 0 Å². The molecule has 1 heterocycles. The average Bonchev–Trinajstić information content (AvgIpc) is 3.14. The van der Waals surface area contributed by atoms with E-state index >= 15 is 0 Å². The van der Waals surface area contributed by atoms with Crippen molar-refractivity contribution < 1.29 is 41.9 Å². The van der Waals surface area contributed by atoms with Gasteiger partial charge >= 0.3 is 0 Å². The highest BCUT2D eigenvalue weighted by molar-refractivity contribution is 7.92. The van der Waals surface area contributed by atoms with Gasteiger partial charge in [-0.15, -0.1) is 0 Å². The molecule has 0 fully saturated rings. The number of aryl methyl sites for hydroxylation is 2. The minimum atomic E-state index is -4.24. The van der Waals surface area contributed by atoms with Crippen molar-refractivity contribution in [3.8, 4) is 22.6 Å². The van der Waals surface area contributed by atoms with Crippen LogP contribution in [-0.2, 0) is 35.6 Å². The lowest BCUT2D eigenvalue weighted by molar-refractivity contribution is -0.139. The van der Waals surface area contributed by atoms with Gasteiger partial charge in [-0.2, -0.15) is 0 Å². The van der Waals surface area contributed by atoms with Crippen molar-refractivity contribution >= 4 is 39.6 Å². The second kappa shape index (κ2) is 18.5. The molecule has 0 aromatic heterocycles. The van der Waals surface area contributed by atoms with Crippen LogP contribution in [0.1, 0.15) is 45.6 Å². The Morgan fingerprint density at radius 2 is 1.56 bits per heavy atom. The van der Waals surface area contributed by atoms with E-state index in [2.05, 4.69) is 22.5 Å². The number of carbonyl (C=O) groups is 5. The van der Waals surface area contributed by atoms with Gasteiger partial charge in [-0.1, -0.05) is 36.4 Å². The quantitative estimate of drug-likeness (QED) is 0.141. The number of sulfonamides is 1. The maximum atomic E-state index is 14.2. The molecule has 0 spiro atoms. The SMILES string of the molecule is C=CS(=O)(=O)NC(=O)[C@@H]1Cc2ccc(OCCN)c(c2)-c2cc(ccc2OCCN)[C@H](N(C)C(=O)CNC(=O)c2ccc(C)cc2C)C(=O)N[C@@H](C)C(=O)N1. The van der Waals surface area contributed by atoms with Crippen LogP contribution in [0, 0.1) is 13.8 Å². The fourth-order valence-electron chi connectivity index (χ4n) is 5.92. The highest BCUT2D eigenvalue weighted by Crippen LogP contribution is 2.40. The lowest BCUT2D eigenvalue weighted by atomic mass is 9.93. The first-order chi connectivity index (χ1) is 26.1. The van der Waals surface area contributed by atoms with Crippen molar-refractivity contribution in [3.63, 3.8) is 0 Å². The van der Waals surface area contributed by atoms with Crippen molar-refractivity contribution in [2.75, 3.05) is 39.9 Å². The van der Waals surface area contributed by atoms with E-state index in [1.807, 2.05) is 17.7 Å². The van der Waals surface area contributed by atoms with Crippen molar-refractivity contribution in [1.29, 1.82) is 0 Å². The first-order valence-electron chi connectivity index (χ1n) is 17.4. The van der Waals surface area contributed by atoms with Gasteiger partial charge in [0.2, 0.25) is 17.7 Å². The molecular formula is C38H47N7O9S. The number of hydrogen-bond donors (Lipinski definition) is 6. The molecule has 0 saturated carbocycles. The highest BCUT2D eigenvalue weighted by atomic mass is 32.2. The average molecular weight is 778 g/mol. The molecule has 1 aliphatic rings. The van der Waals surface area contributed by atoms with Crippen LogP contribution in [0.25, 0.3) is 11.1 Å². The van der Waals surface area contributed by atoms with Gasteiger partial charge < -0.3 is 41.8 Å². The molecule has 3 aromatic rings. The van der Waals surface area contributed by atoms with Crippen molar-refractivity contribution in [1.82, 2.24) is 25.6 Å². The Bertz CT molecular complexity index is 2070. The highest BCUT2D eigenvalue weighted by Gasteiger charge is 2.34. The van der Waals surface area contributed by atoms with E-state index in [9.17, 15) is 32.4 Å². The Morgan fingerprint density at radius 1 is 0.927 bits per heavy atom. The van der Waals surface area contributed by atoms with Crippen LogP contribution in [0.2, 0.25) is 0 Å². The summed E-state index contributed by atoms with van der Waals surface area (Å²) in [5, 5.41) is 8.33. The van der Waals surface area contributed by atoms with Gasteiger partial charge in [-0.05, 0) is 67.8 Å². The maximum absolute atomic E-state index is 14.2. The third-order valence-electron chi connectivity index (χ3n) is 8.75. The van der Waals surface area contributed by atoms with Gasteiger partial charge in [0.1, 0.15) is 42.8 Å². The zero-order valence-corrected chi connectivity index (χ0v) is 32.0. The second-order valence-electron chi connectivity index (χ2n) is 12.9. The molecule has 3 atom stereocenters. The third kappa shape index (κ3) is 10.7. The summed E-state index contributed by atoms with van der Waals surface area (Å²) in [5.41, 5.74) is 15.3. The Labute approximate surface area is 320 Å². The van der Waals surface area contributed by atoms with E-state index in [4.69, 9.17) is 20.9 Å². The van der Waals surface area contributed by atoms with Crippen LogP contribution in [0.5, 0.6) is 11.5 Å². The maximum Gasteiger partial charge on any atom is 0.256 e. The number of carbonyl (C=O) groups excluding carboxylic acids is 5.